The molecule has 76 valence electrons. The summed E-state index contributed by atoms with van der Waals surface area (Å²) in [6, 6.07) is 4.27. The molecular weight excluding hydrogens is 183 g/mol. The number of hydrogen-bond donors (Lipinski definition) is 2. The zero-order valence-corrected chi connectivity index (χ0v) is 8.01. The lowest BCUT2D eigenvalue weighted by atomic mass is 10.2. The fourth-order valence-electron chi connectivity index (χ4n) is 1.07. The lowest BCUT2D eigenvalue weighted by Gasteiger charge is -2.07. The Kier molecular flexibility index (Phi) is 3.59. The number of benzene rings is 1. The van der Waals surface area contributed by atoms with Crippen LogP contribution in [0.15, 0.2) is 18.2 Å². The normalized spacial score (nSPS) is 9.93. The Hall–Kier alpha value is -1.42. The molecule has 1 aromatic rings. The van der Waals surface area contributed by atoms with Crippen molar-refractivity contribution in [1.29, 1.82) is 0 Å². The van der Waals surface area contributed by atoms with Gasteiger partial charge in [-0.3, -0.25) is 4.79 Å². The van der Waals surface area contributed by atoms with Crippen molar-refractivity contribution in [3.05, 3.63) is 29.6 Å². The van der Waals surface area contributed by atoms with Gasteiger partial charge in [0.15, 0.2) is 0 Å². The van der Waals surface area contributed by atoms with E-state index in [9.17, 15) is 9.18 Å². The predicted octanol–water partition coefficient (Wildman–Crippen LogP) is 1.42. The van der Waals surface area contributed by atoms with E-state index < -0.39 is 0 Å². The second-order valence-electron chi connectivity index (χ2n) is 3.05. The van der Waals surface area contributed by atoms with Crippen LogP contribution in [0.3, 0.4) is 0 Å². The Bertz CT molecular complexity index is 339. The molecule has 0 aliphatic rings. The smallest absolute Gasteiger partial charge is 0.225 e. The quantitative estimate of drug-likeness (QED) is 0.768. The number of carbonyl (C=O) groups excluding carboxylic acids is 1. The Morgan fingerprint density at radius 3 is 2.93 bits per heavy atom. The molecule has 0 saturated carbocycles. The molecular formula is C10H13FN2O. The summed E-state index contributed by atoms with van der Waals surface area (Å²) in [6.45, 7) is 2.09. The van der Waals surface area contributed by atoms with Gasteiger partial charge in [0, 0.05) is 18.7 Å². The van der Waals surface area contributed by atoms with Crippen LogP contribution in [0.25, 0.3) is 0 Å². The van der Waals surface area contributed by atoms with Gasteiger partial charge < -0.3 is 11.1 Å². The molecule has 0 bridgehead atoms. The number of aryl methyl sites for hydroxylation is 1. The van der Waals surface area contributed by atoms with Gasteiger partial charge in [-0.05, 0) is 24.6 Å². The van der Waals surface area contributed by atoms with Crippen LogP contribution < -0.4 is 11.1 Å². The standard InChI is InChI=1S/C10H13FN2O/c1-7-2-3-8(11)6-9(7)13-10(14)4-5-12/h2-3,6H,4-5,12H2,1H3,(H,13,14). The summed E-state index contributed by atoms with van der Waals surface area (Å²) in [7, 11) is 0. The summed E-state index contributed by atoms with van der Waals surface area (Å²) in [5, 5.41) is 2.59. The molecule has 0 aliphatic carbocycles. The highest BCUT2D eigenvalue weighted by Crippen LogP contribution is 2.15. The maximum atomic E-state index is 12.8. The summed E-state index contributed by atoms with van der Waals surface area (Å²) < 4.78 is 12.8. The number of rotatable bonds is 3. The van der Waals surface area contributed by atoms with E-state index >= 15 is 0 Å². The van der Waals surface area contributed by atoms with Crippen molar-refractivity contribution in [3.63, 3.8) is 0 Å². The molecule has 4 heteroatoms. The van der Waals surface area contributed by atoms with Crippen molar-refractivity contribution < 1.29 is 9.18 Å². The Labute approximate surface area is 82.1 Å². The molecule has 0 spiro atoms. The second kappa shape index (κ2) is 4.72. The number of hydrogen-bond acceptors (Lipinski definition) is 2. The minimum absolute atomic E-state index is 0.193. The lowest BCUT2D eigenvalue weighted by molar-refractivity contribution is -0.116. The molecule has 0 heterocycles. The van der Waals surface area contributed by atoms with E-state index in [2.05, 4.69) is 5.32 Å². The molecule has 3 nitrogen and oxygen atoms in total. The van der Waals surface area contributed by atoms with Crippen LogP contribution in [0.2, 0.25) is 0 Å². The molecule has 1 aromatic carbocycles. The lowest BCUT2D eigenvalue weighted by Crippen LogP contribution is -2.16. The number of carbonyl (C=O) groups is 1. The minimum Gasteiger partial charge on any atom is -0.330 e. The zero-order chi connectivity index (χ0) is 10.6. The van der Waals surface area contributed by atoms with Crippen LogP contribution in [0.4, 0.5) is 10.1 Å². The number of nitrogens with two attached hydrogens (primary N) is 1. The van der Waals surface area contributed by atoms with E-state index in [4.69, 9.17) is 5.73 Å². The highest BCUT2D eigenvalue weighted by atomic mass is 19.1. The van der Waals surface area contributed by atoms with Gasteiger partial charge in [0.1, 0.15) is 5.82 Å². The van der Waals surface area contributed by atoms with Gasteiger partial charge in [-0.2, -0.15) is 0 Å². The summed E-state index contributed by atoms with van der Waals surface area (Å²) in [5.41, 5.74) is 6.55. The number of nitrogens with one attached hydrogen (secondary N) is 1. The molecule has 0 aliphatic heterocycles. The average Bonchev–Trinajstić information content (AvgIpc) is 2.12. The molecule has 0 saturated heterocycles. The third-order valence-electron chi connectivity index (χ3n) is 1.85. The summed E-state index contributed by atoms with van der Waals surface area (Å²) >= 11 is 0. The van der Waals surface area contributed by atoms with Crippen molar-refractivity contribution in [2.24, 2.45) is 5.73 Å². The first-order chi connectivity index (χ1) is 6.63. The van der Waals surface area contributed by atoms with Gasteiger partial charge in [-0.15, -0.1) is 0 Å². The molecule has 0 atom stereocenters. The first-order valence-electron chi connectivity index (χ1n) is 4.39. The van der Waals surface area contributed by atoms with Crippen LogP contribution >= 0.6 is 0 Å². The van der Waals surface area contributed by atoms with Crippen molar-refractivity contribution in [1.82, 2.24) is 0 Å². The largest absolute Gasteiger partial charge is 0.330 e. The highest BCUT2D eigenvalue weighted by molar-refractivity contribution is 5.91. The van der Waals surface area contributed by atoms with E-state index in [0.29, 0.717) is 12.2 Å². The van der Waals surface area contributed by atoms with E-state index in [1.165, 1.54) is 12.1 Å². The molecule has 0 aromatic heterocycles. The van der Waals surface area contributed by atoms with Crippen LogP contribution in [-0.2, 0) is 4.79 Å². The Morgan fingerprint density at radius 2 is 2.29 bits per heavy atom. The SMILES string of the molecule is Cc1ccc(F)cc1NC(=O)CCN. The fraction of sp³-hybridized carbons (Fsp3) is 0.300. The Morgan fingerprint density at radius 1 is 1.57 bits per heavy atom. The van der Waals surface area contributed by atoms with Gasteiger partial charge >= 0.3 is 0 Å². The summed E-state index contributed by atoms with van der Waals surface area (Å²) in [5.74, 6) is -0.556. The zero-order valence-electron chi connectivity index (χ0n) is 8.01. The number of amides is 1. The van der Waals surface area contributed by atoms with Gasteiger partial charge in [-0.25, -0.2) is 4.39 Å². The Balaban J connectivity index is 2.75. The van der Waals surface area contributed by atoms with Crippen LogP contribution in [0.1, 0.15) is 12.0 Å². The second-order valence-corrected chi connectivity index (χ2v) is 3.05. The minimum atomic E-state index is -0.362. The van der Waals surface area contributed by atoms with Crippen LogP contribution in [0.5, 0.6) is 0 Å². The fourth-order valence-corrected chi connectivity index (χ4v) is 1.07. The van der Waals surface area contributed by atoms with Crippen molar-refractivity contribution in [3.8, 4) is 0 Å². The number of anilines is 1. The molecule has 0 unspecified atom stereocenters. The third kappa shape index (κ3) is 2.81. The molecule has 0 fully saturated rings. The van der Waals surface area contributed by atoms with Gasteiger partial charge in [-0.1, -0.05) is 6.07 Å². The average molecular weight is 196 g/mol. The van der Waals surface area contributed by atoms with Crippen LogP contribution in [-0.4, -0.2) is 12.5 Å². The molecule has 0 radical (unpaired) electrons. The van der Waals surface area contributed by atoms with E-state index in [0.717, 1.165) is 5.56 Å². The van der Waals surface area contributed by atoms with E-state index in [-0.39, 0.29) is 18.1 Å². The predicted molar refractivity (Wildman–Crippen MR) is 53.4 cm³/mol. The molecule has 1 rings (SSSR count). The topological polar surface area (TPSA) is 55.1 Å². The van der Waals surface area contributed by atoms with E-state index in [1.807, 2.05) is 0 Å². The van der Waals surface area contributed by atoms with Crippen molar-refractivity contribution in [2.45, 2.75) is 13.3 Å². The molecule has 3 N–H and O–H groups in total. The van der Waals surface area contributed by atoms with Gasteiger partial charge in [0.05, 0.1) is 0 Å². The number of halogens is 1. The first-order valence-corrected chi connectivity index (χ1v) is 4.39. The van der Waals surface area contributed by atoms with Crippen molar-refractivity contribution in [2.75, 3.05) is 11.9 Å². The molecule has 14 heavy (non-hydrogen) atoms. The van der Waals surface area contributed by atoms with Gasteiger partial charge in [0.2, 0.25) is 5.91 Å². The van der Waals surface area contributed by atoms with Crippen molar-refractivity contribution >= 4 is 11.6 Å². The maximum Gasteiger partial charge on any atom is 0.225 e. The summed E-state index contributed by atoms with van der Waals surface area (Å²) in [6.07, 6.45) is 0.246. The van der Waals surface area contributed by atoms with Crippen LogP contribution in [0, 0.1) is 12.7 Å². The summed E-state index contributed by atoms with van der Waals surface area (Å²) in [4.78, 5) is 11.2. The monoisotopic (exact) mass is 196 g/mol. The first kappa shape index (κ1) is 10.7. The third-order valence-corrected chi connectivity index (χ3v) is 1.85. The molecule has 1 amide bonds. The highest BCUT2D eigenvalue weighted by Gasteiger charge is 2.04. The van der Waals surface area contributed by atoms with E-state index in [1.54, 1.807) is 13.0 Å². The van der Waals surface area contributed by atoms with Gasteiger partial charge in [0.25, 0.3) is 0 Å². The maximum absolute atomic E-state index is 12.8.